The zero-order valence-corrected chi connectivity index (χ0v) is 9.69. The Hall–Kier alpha value is -1.03. The van der Waals surface area contributed by atoms with Crippen molar-refractivity contribution in [2.75, 3.05) is 11.9 Å². The maximum Gasteiger partial charge on any atom is 0.123 e. The summed E-state index contributed by atoms with van der Waals surface area (Å²) in [5.74, 6) is 0.0823. The number of hydrogen-bond acceptors (Lipinski definition) is 2. The fourth-order valence-corrected chi connectivity index (χ4v) is 1.71. The third kappa shape index (κ3) is 2.73. The predicted molar refractivity (Wildman–Crippen MR) is 63.9 cm³/mol. The van der Waals surface area contributed by atoms with Crippen LogP contribution in [0.25, 0.3) is 0 Å². The van der Waals surface area contributed by atoms with Crippen LogP contribution in [0.15, 0.2) is 22.7 Å². The first kappa shape index (κ1) is 11.0. The van der Waals surface area contributed by atoms with Crippen molar-refractivity contribution in [3.05, 3.63) is 28.2 Å². The molecular weight excluding hydrogens is 242 g/mol. The van der Waals surface area contributed by atoms with Gasteiger partial charge in [-0.1, -0.05) is 6.92 Å². The average molecular weight is 256 g/mol. The van der Waals surface area contributed by atoms with Crippen molar-refractivity contribution in [2.45, 2.75) is 13.3 Å². The molecule has 0 saturated heterocycles. The Morgan fingerprint density at radius 2 is 2.29 bits per heavy atom. The van der Waals surface area contributed by atoms with Crippen molar-refractivity contribution < 1.29 is 0 Å². The molecule has 0 amide bonds. The summed E-state index contributed by atoms with van der Waals surface area (Å²) in [5.41, 5.74) is 7.17. The molecule has 0 saturated carbocycles. The summed E-state index contributed by atoms with van der Waals surface area (Å²) >= 11 is 3.38. The van der Waals surface area contributed by atoms with Crippen LogP contribution in [0.2, 0.25) is 0 Å². The number of anilines is 1. The molecule has 14 heavy (non-hydrogen) atoms. The van der Waals surface area contributed by atoms with E-state index in [0.29, 0.717) is 0 Å². The summed E-state index contributed by atoms with van der Waals surface area (Å²) in [4.78, 5) is 0. The van der Waals surface area contributed by atoms with Crippen molar-refractivity contribution >= 4 is 27.5 Å². The van der Waals surface area contributed by atoms with Gasteiger partial charge in [0.15, 0.2) is 0 Å². The maximum absolute atomic E-state index is 7.31. The highest BCUT2D eigenvalue weighted by Crippen LogP contribution is 2.21. The number of amidine groups is 1. The van der Waals surface area contributed by atoms with Gasteiger partial charge in [-0.3, -0.25) is 5.41 Å². The molecule has 1 rings (SSSR count). The highest BCUT2D eigenvalue weighted by Gasteiger charge is 2.03. The van der Waals surface area contributed by atoms with Crippen LogP contribution in [0, 0.1) is 5.41 Å². The van der Waals surface area contributed by atoms with Crippen LogP contribution in [0.5, 0.6) is 0 Å². The van der Waals surface area contributed by atoms with Crippen LogP contribution in [0.1, 0.15) is 18.9 Å². The summed E-state index contributed by atoms with van der Waals surface area (Å²) in [6, 6.07) is 5.70. The summed E-state index contributed by atoms with van der Waals surface area (Å²) in [5, 5.41) is 10.6. The van der Waals surface area contributed by atoms with Crippen LogP contribution < -0.4 is 11.1 Å². The quantitative estimate of drug-likeness (QED) is 0.572. The lowest BCUT2D eigenvalue weighted by molar-refractivity contribution is 0.979. The van der Waals surface area contributed by atoms with Gasteiger partial charge < -0.3 is 11.1 Å². The molecule has 0 atom stereocenters. The molecule has 0 aromatic heterocycles. The number of nitrogens with two attached hydrogens (primary N) is 1. The Kier molecular flexibility index (Phi) is 3.95. The molecule has 4 heteroatoms. The van der Waals surface area contributed by atoms with Crippen LogP contribution in [0.4, 0.5) is 5.69 Å². The molecule has 0 spiro atoms. The number of benzene rings is 1. The maximum atomic E-state index is 7.31. The van der Waals surface area contributed by atoms with Gasteiger partial charge in [0.1, 0.15) is 5.84 Å². The Labute approximate surface area is 92.3 Å². The molecule has 1 aromatic carbocycles. The summed E-state index contributed by atoms with van der Waals surface area (Å²) in [7, 11) is 0. The van der Waals surface area contributed by atoms with E-state index < -0.39 is 0 Å². The number of halogens is 1. The van der Waals surface area contributed by atoms with Crippen molar-refractivity contribution in [2.24, 2.45) is 5.73 Å². The second kappa shape index (κ2) is 5.00. The van der Waals surface area contributed by atoms with Crippen LogP contribution >= 0.6 is 15.9 Å². The molecule has 0 bridgehead atoms. The molecule has 4 N–H and O–H groups in total. The lowest BCUT2D eigenvalue weighted by atomic mass is 10.2. The zero-order chi connectivity index (χ0) is 10.6. The first-order chi connectivity index (χ1) is 6.65. The van der Waals surface area contributed by atoms with Gasteiger partial charge in [0.2, 0.25) is 0 Å². The summed E-state index contributed by atoms with van der Waals surface area (Å²) in [6.45, 7) is 3.07. The van der Waals surface area contributed by atoms with E-state index in [-0.39, 0.29) is 5.84 Å². The molecule has 3 nitrogen and oxygen atoms in total. The van der Waals surface area contributed by atoms with E-state index in [9.17, 15) is 0 Å². The van der Waals surface area contributed by atoms with Crippen molar-refractivity contribution in [3.63, 3.8) is 0 Å². The Morgan fingerprint density at radius 3 is 2.79 bits per heavy atom. The smallest absolute Gasteiger partial charge is 0.123 e. The van der Waals surface area contributed by atoms with Crippen molar-refractivity contribution in [1.29, 1.82) is 5.41 Å². The minimum absolute atomic E-state index is 0.0823. The molecule has 76 valence electrons. The van der Waals surface area contributed by atoms with Gasteiger partial charge in [-0.15, -0.1) is 0 Å². The zero-order valence-electron chi connectivity index (χ0n) is 8.10. The third-order valence-corrected chi connectivity index (χ3v) is 2.49. The van der Waals surface area contributed by atoms with E-state index in [2.05, 4.69) is 28.2 Å². The SMILES string of the molecule is CCCNc1ccc(C(=N)N)c(Br)c1. The molecule has 1 aromatic rings. The average Bonchev–Trinajstić information content (AvgIpc) is 2.14. The molecule has 0 unspecified atom stereocenters. The first-order valence-corrected chi connectivity index (χ1v) is 5.32. The van der Waals surface area contributed by atoms with E-state index in [1.54, 1.807) is 0 Å². The van der Waals surface area contributed by atoms with Gasteiger partial charge in [0.05, 0.1) is 0 Å². The van der Waals surface area contributed by atoms with Gasteiger partial charge in [0, 0.05) is 22.3 Å². The minimum atomic E-state index is 0.0823. The topological polar surface area (TPSA) is 61.9 Å². The molecule has 0 aliphatic carbocycles. The van der Waals surface area contributed by atoms with Gasteiger partial charge in [-0.25, -0.2) is 0 Å². The van der Waals surface area contributed by atoms with E-state index in [4.69, 9.17) is 11.1 Å². The van der Waals surface area contributed by atoms with Gasteiger partial charge in [-0.2, -0.15) is 0 Å². The highest BCUT2D eigenvalue weighted by atomic mass is 79.9. The number of hydrogen-bond donors (Lipinski definition) is 3. The van der Waals surface area contributed by atoms with Gasteiger partial charge in [0.25, 0.3) is 0 Å². The second-order valence-corrected chi connectivity index (χ2v) is 3.89. The van der Waals surface area contributed by atoms with E-state index in [0.717, 1.165) is 28.7 Å². The monoisotopic (exact) mass is 255 g/mol. The molecular formula is C10H14BrN3. The van der Waals surface area contributed by atoms with Crippen LogP contribution in [-0.4, -0.2) is 12.4 Å². The third-order valence-electron chi connectivity index (χ3n) is 1.84. The van der Waals surface area contributed by atoms with Crippen molar-refractivity contribution in [1.82, 2.24) is 0 Å². The van der Waals surface area contributed by atoms with E-state index in [1.165, 1.54) is 0 Å². The number of rotatable bonds is 4. The summed E-state index contributed by atoms with van der Waals surface area (Å²) < 4.78 is 0.853. The van der Waals surface area contributed by atoms with Crippen LogP contribution in [-0.2, 0) is 0 Å². The Balaban J connectivity index is 2.83. The van der Waals surface area contributed by atoms with Crippen molar-refractivity contribution in [3.8, 4) is 0 Å². The van der Waals surface area contributed by atoms with E-state index in [1.807, 2.05) is 18.2 Å². The van der Waals surface area contributed by atoms with E-state index >= 15 is 0 Å². The predicted octanol–water partition coefficient (Wildman–Crippen LogP) is 2.56. The molecule has 0 radical (unpaired) electrons. The normalized spacial score (nSPS) is 9.86. The number of nitrogen functional groups attached to an aromatic ring is 1. The Morgan fingerprint density at radius 1 is 1.57 bits per heavy atom. The highest BCUT2D eigenvalue weighted by molar-refractivity contribution is 9.10. The molecule has 0 aliphatic rings. The van der Waals surface area contributed by atoms with Gasteiger partial charge >= 0.3 is 0 Å². The standard InChI is InChI=1S/C10H14BrN3/c1-2-5-14-7-3-4-8(10(12)13)9(11)6-7/h3-4,6,14H,2,5H2,1H3,(H3,12,13). The molecule has 0 aliphatic heterocycles. The van der Waals surface area contributed by atoms with Gasteiger partial charge in [-0.05, 0) is 40.5 Å². The fraction of sp³-hybridized carbons (Fsp3) is 0.300. The fourth-order valence-electron chi connectivity index (χ4n) is 1.11. The Bertz CT molecular complexity index is 336. The molecule has 0 fully saturated rings. The second-order valence-electron chi connectivity index (χ2n) is 3.04. The lowest BCUT2D eigenvalue weighted by Crippen LogP contribution is -2.12. The lowest BCUT2D eigenvalue weighted by Gasteiger charge is -2.07. The summed E-state index contributed by atoms with van der Waals surface area (Å²) in [6.07, 6.45) is 1.09. The van der Waals surface area contributed by atoms with Crippen LogP contribution in [0.3, 0.4) is 0 Å². The minimum Gasteiger partial charge on any atom is -0.385 e. The first-order valence-electron chi connectivity index (χ1n) is 4.53. The largest absolute Gasteiger partial charge is 0.385 e. The molecule has 0 heterocycles. The number of nitrogens with one attached hydrogen (secondary N) is 2.